The number of ether oxygens (including phenoxy) is 1. The van der Waals surface area contributed by atoms with Gasteiger partial charge in [-0.25, -0.2) is 8.42 Å². The lowest BCUT2D eigenvalue weighted by atomic mass is 10.1. The molecule has 0 saturated heterocycles. The molecule has 31 heavy (non-hydrogen) atoms. The average Bonchev–Trinajstić information content (AvgIpc) is 2.73. The van der Waals surface area contributed by atoms with Crippen molar-refractivity contribution in [3.8, 4) is 5.75 Å². The van der Waals surface area contributed by atoms with E-state index in [9.17, 15) is 13.2 Å². The quantitative estimate of drug-likeness (QED) is 0.495. The molecule has 3 rings (SSSR count). The first-order valence-corrected chi connectivity index (χ1v) is 11.5. The number of rotatable bonds is 7. The fourth-order valence-electron chi connectivity index (χ4n) is 2.96. The molecule has 2 N–H and O–H groups in total. The molecule has 3 aromatic rings. The lowest BCUT2D eigenvalue weighted by Crippen LogP contribution is -2.17. The van der Waals surface area contributed by atoms with E-state index in [1.54, 1.807) is 36.4 Å². The van der Waals surface area contributed by atoms with E-state index in [-0.39, 0.29) is 15.5 Å². The molecule has 0 unspecified atom stereocenters. The number of anilines is 2. The zero-order valence-electron chi connectivity index (χ0n) is 17.4. The van der Waals surface area contributed by atoms with Crippen molar-refractivity contribution >= 4 is 38.9 Å². The van der Waals surface area contributed by atoms with E-state index in [1.165, 1.54) is 18.2 Å². The fourth-order valence-corrected chi connectivity index (χ4v) is 4.61. The van der Waals surface area contributed by atoms with Gasteiger partial charge in [0.1, 0.15) is 10.6 Å². The van der Waals surface area contributed by atoms with Gasteiger partial charge in [-0.15, -0.1) is 0 Å². The number of nitrogens with one attached hydrogen (secondary N) is 2. The van der Waals surface area contributed by atoms with Gasteiger partial charge in [0.15, 0.2) is 0 Å². The number of sulfonamides is 1. The Hall–Kier alpha value is -3.03. The summed E-state index contributed by atoms with van der Waals surface area (Å²) in [5, 5.41) is 2.77. The molecule has 0 bridgehead atoms. The van der Waals surface area contributed by atoms with Gasteiger partial charge in [-0.1, -0.05) is 35.9 Å². The van der Waals surface area contributed by atoms with Gasteiger partial charge in [-0.3, -0.25) is 9.52 Å². The minimum Gasteiger partial charge on any atom is -0.492 e. The number of para-hydroxylation sites is 2. The number of aryl methyl sites for hydroxylation is 1. The van der Waals surface area contributed by atoms with E-state index in [1.807, 2.05) is 26.8 Å². The Morgan fingerprint density at radius 1 is 1.00 bits per heavy atom. The minimum absolute atomic E-state index is 0.0177. The van der Waals surface area contributed by atoms with Crippen molar-refractivity contribution in [3.05, 3.63) is 82.4 Å². The highest BCUT2D eigenvalue weighted by molar-refractivity contribution is 7.92. The summed E-state index contributed by atoms with van der Waals surface area (Å²) < 4.78 is 34.1. The molecule has 6 nitrogen and oxygen atoms in total. The van der Waals surface area contributed by atoms with Crippen molar-refractivity contribution in [2.45, 2.75) is 25.7 Å². The van der Waals surface area contributed by atoms with Crippen LogP contribution in [0.3, 0.4) is 0 Å². The normalized spacial score (nSPS) is 11.1. The summed E-state index contributed by atoms with van der Waals surface area (Å²) >= 11 is 6.18. The first-order valence-electron chi connectivity index (χ1n) is 9.64. The molecule has 0 aromatic heterocycles. The molecule has 1 amide bonds. The number of hydrogen-bond donors (Lipinski definition) is 2. The van der Waals surface area contributed by atoms with E-state index in [4.69, 9.17) is 16.3 Å². The van der Waals surface area contributed by atoms with Crippen LogP contribution in [0.2, 0.25) is 5.02 Å². The standard InChI is InChI=1S/C23H23ClN2O4S/c1-4-30-21-11-6-5-9-20(21)25-23(27)17-12-13-18(24)22(14-17)31(28,29)26-19-10-7-8-15(2)16(19)3/h5-14,26H,4H2,1-3H3,(H,25,27). The Morgan fingerprint density at radius 3 is 2.45 bits per heavy atom. The number of carbonyl (C=O) groups is 1. The number of halogens is 1. The fraction of sp³-hybridized carbons (Fsp3) is 0.174. The molecule has 0 fully saturated rings. The van der Waals surface area contributed by atoms with E-state index in [2.05, 4.69) is 10.0 Å². The third kappa shape index (κ3) is 5.18. The van der Waals surface area contributed by atoms with Crippen LogP contribution >= 0.6 is 11.6 Å². The Labute approximate surface area is 187 Å². The molecule has 3 aromatic carbocycles. The van der Waals surface area contributed by atoms with Crippen molar-refractivity contribution in [2.75, 3.05) is 16.6 Å². The lowest BCUT2D eigenvalue weighted by molar-refractivity contribution is 0.102. The van der Waals surface area contributed by atoms with E-state index < -0.39 is 15.9 Å². The molecule has 8 heteroatoms. The first-order chi connectivity index (χ1) is 14.7. The zero-order valence-corrected chi connectivity index (χ0v) is 19.0. The van der Waals surface area contributed by atoms with E-state index >= 15 is 0 Å². The Morgan fingerprint density at radius 2 is 1.71 bits per heavy atom. The van der Waals surface area contributed by atoms with Crippen molar-refractivity contribution in [1.29, 1.82) is 0 Å². The van der Waals surface area contributed by atoms with Crippen molar-refractivity contribution in [2.24, 2.45) is 0 Å². The monoisotopic (exact) mass is 458 g/mol. The van der Waals surface area contributed by atoms with Crippen LogP contribution in [-0.2, 0) is 10.0 Å². The third-order valence-electron chi connectivity index (χ3n) is 4.77. The van der Waals surface area contributed by atoms with Crippen LogP contribution in [0.5, 0.6) is 5.75 Å². The number of benzene rings is 3. The van der Waals surface area contributed by atoms with Crippen LogP contribution in [0.25, 0.3) is 0 Å². The largest absolute Gasteiger partial charge is 0.492 e. The highest BCUT2D eigenvalue weighted by Crippen LogP contribution is 2.28. The summed E-state index contributed by atoms with van der Waals surface area (Å²) in [4.78, 5) is 12.6. The second-order valence-corrected chi connectivity index (χ2v) is 8.94. The number of carbonyl (C=O) groups excluding carboxylic acids is 1. The van der Waals surface area contributed by atoms with Crippen LogP contribution in [0.1, 0.15) is 28.4 Å². The third-order valence-corrected chi connectivity index (χ3v) is 6.61. The maximum Gasteiger partial charge on any atom is 0.263 e. The van der Waals surface area contributed by atoms with Gasteiger partial charge in [-0.2, -0.15) is 0 Å². The summed E-state index contributed by atoms with van der Waals surface area (Å²) in [6.07, 6.45) is 0. The minimum atomic E-state index is -4.02. The molecule has 0 radical (unpaired) electrons. The van der Waals surface area contributed by atoms with Gasteiger partial charge in [0.2, 0.25) is 0 Å². The van der Waals surface area contributed by atoms with E-state index in [0.717, 1.165) is 11.1 Å². The lowest BCUT2D eigenvalue weighted by Gasteiger charge is -2.14. The predicted molar refractivity (Wildman–Crippen MR) is 124 cm³/mol. The molecule has 0 aliphatic heterocycles. The van der Waals surface area contributed by atoms with Crippen LogP contribution in [0.4, 0.5) is 11.4 Å². The first kappa shape index (κ1) is 22.7. The van der Waals surface area contributed by atoms with Gasteiger partial charge in [0.25, 0.3) is 15.9 Å². The van der Waals surface area contributed by atoms with E-state index in [0.29, 0.717) is 23.7 Å². The molecule has 0 aliphatic rings. The second-order valence-electron chi connectivity index (χ2n) is 6.88. The summed E-state index contributed by atoms with van der Waals surface area (Å²) in [6, 6.07) is 16.5. The smallest absolute Gasteiger partial charge is 0.263 e. The Kier molecular flexibility index (Phi) is 6.87. The predicted octanol–water partition coefficient (Wildman–Crippen LogP) is 5.41. The zero-order chi connectivity index (χ0) is 22.6. The van der Waals surface area contributed by atoms with Crippen LogP contribution in [0, 0.1) is 13.8 Å². The Bertz CT molecular complexity index is 1230. The summed E-state index contributed by atoms with van der Waals surface area (Å²) in [7, 11) is -4.02. The molecular formula is C23H23ClN2O4S. The van der Waals surface area contributed by atoms with Crippen molar-refractivity contribution in [1.82, 2.24) is 0 Å². The molecular weight excluding hydrogens is 436 g/mol. The molecule has 0 aliphatic carbocycles. The average molecular weight is 459 g/mol. The van der Waals surface area contributed by atoms with Gasteiger partial charge >= 0.3 is 0 Å². The van der Waals surface area contributed by atoms with Gasteiger partial charge < -0.3 is 10.1 Å². The van der Waals surface area contributed by atoms with Crippen molar-refractivity contribution < 1.29 is 17.9 Å². The maximum absolute atomic E-state index is 13.0. The Balaban J connectivity index is 1.91. The maximum atomic E-state index is 13.0. The van der Waals surface area contributed by atoms with Crippen LogP contribution < -0.4 is 14.8 Å². The molecule has 0 spiro atoms. The van der Waals surface area contributed by atoms with Crippen molar-refractivity contribution in [3.63, 3.8) is 0 Å². The topological polar surface area (TPSA) is 84.5 Å². The second kappa shape index (κ2) is 9.41. The highest BCUT2D eigenvalue weighted by Gasteiger charge is 2.22. The highest BCUT2D eigenvalue weighted by atomic mass is 35.5. The molecule has 0 saturated carbocycles. The van der Waals surface area contributed by atoms with Crippen LogP contribution in [-0.4, -0.2) is 20.9 Å². The molecule has 0 atom stereocenters. The summed E-state index contributed by atoms with van der Waals surface area (Å²) in [5.74, 6) is 0.0451. The molecule has 162 valence electrons. The van der Waals surface area contributed by atoms with Crippen LogP contribution in [0.15, 0.2) is 65.6 Å². The number of hydrogen-bond acceptors (Lipinski definition) is 4. The van der Waals surface area contributed by atoms with Gasteiger partial charge in [-0.05, 0) is 68.3 Å². The molecule has 0 heterocycles. The van der Waals surface area contributed by atoms with Gasteiger partial charge in [0, 0.05) is 5.56 Å². The van der Waals surface area contributed by atoms with Gasteiger partial charge in [0.05, 0.1) is 23.0 Å². The summed E-state index contributed by atoms with van der Waals surface area (Å²) in [6.45, 7) is 6.01. The summed E-state index contributed by atoms with van der Waals surface area (Å²) in [5.41, 5.74) is 2.85. The number of amides is 1. The SMILES string of the molecule is CCOc1ccccc1NC(=O)c1ccc(Cl)c(S(=O)(=O)Nc2cccc(C)c2C)c1.